The average molecular weight is 189 g/mol. The molecule has 1 aromatic heterocycles. The third-order valence-corrected chi connectivity index (χ3v) is 1.70. The molecule has 0 unspecified atom stereocenters. The Bertz CT molecular complexity index is 425. The number of nitrogens with zero attached hydrogens (tertiary/aromatic N) is 3. The fourth-order valence-corrected chi connectivity index (χ4v) is 1.08. The molecule has 0 aliphatic rings. The monoisotopic (exact) mass is 189 g/mol. The molecule has 5 heteroatoms. The Hall–Kier alpha value is -2.04. The van der Waals surface area contributed by atoms with E-state index in [2.05, 4.69) is 15.3 Å². The lowest BCUT2D eigenvalue weighted by molar-refractivity contribution is 0.380. The van der Waals surface area contributed by atoms with Crippen LogP contribution < -0.4 is 0 Å². The summed E-state index contributed by atoms with van der Waals surface area (Å²) in [5, 5.41) is 6.39. The van der Waals surface area contributed by atoms with Gasteiger partial charge in [0, 0.05) is 5.56 Å². The Balaban J connectivity index is 2.29. The zero-order chi connectivity index (χ0) is 9.80. The maximum Gasteiger partial charge on any atom is 0.252 e. The topological polar surface area (TPSA) is 68.3 Å². The highest BCUT2D eigenvalue weighted by molar-refractivity contribution is 5.53. The van der Waals surface area contributed by atoms with E-state index in [0.29, 0.717) is 5.82 Å². The van der Waals surface area contributed by atoms with Crippen molar-refractivity contribution in [2.75, 3.05) is 0 Å². The van der Waals surface area contributed by atoms with Gasteiger partial charge in [-0.3, -0.25) is 0 Å². The lowest BCUT2D eigenvalue weighted by Crippen LogP contribution is -1.81. The van der Waals surface area contributed by atoms with Crippen molar-refractivity contribution in [1.29, 1.82) is 0 Å². The molecule has 2 rings (SSSR count). The molecule has 14 heavy (non-hydrogen) atoms. The molecule has 0 aliphatic heterocycles. The normalized spacial score (nSPS) is 10.0. The van der Waals surface area contributed by atoms with Crippen molar-refractivity contribution >= 4 is 0 Å². The standard InChI is InChI=1S/C9H7N3O2/c13-10-6-8-11-9(12-14-8)7-4-2-1-3-5-7/h1-5H,6H2. The molecule has 0 spiro atoms. The van der Waals surface area contributed by atoms with Crippen LogP contribution in [0.4, 0.5) is 0 Å². The van der Waals surface area contributed by atoms with Crippen molar-refractivity contribution in [3.8, 4) is 11.4 Å². The molecular weight excluding hydrogens is 182 g/mol. The third-order valence-electron chi connectivity index (χ3n) is 1.70. The minimum absolute atomic E-state index is 0.0835. The number of benzene rings is 1. The SMILES string of the molecule is O=NCc1nc(-c2ccccc2)no1. The molecule has 0 radical (unpaired) electrons. The summed E-state index contributed by atoms with van der Waals surface area (Å²) in [6.45, 7) is -0.0835. The smallest absolute Gasteiger partial charge is 0.252 e. The Morgan fingerprint density at radius 2 is 2.07 bits per heavy atom. The van der Waals surface area contributed by atoms with E-state index >= 15 is 0 Å². The van der Waals surface area contributed by atoms with Crippen LogP contribution in [0.2, 0.25) is 0 Å². The summed E-state index contributed by atoms with van der Waals surface area (Å²) in [5.41, 5.74) is 0.855. The predicted molar refractivity (Wildman–Crippen MR) is 49.2 cm³/mol. The lowest BCUT2D eigenvalue weighted by atomic mass is 10.2. The molecule has 0 fully saturated rings. The summed E-state index contributed by atoms with van der Waals surface area (Å²) in [5.74, 6) is 0.711. The van der Waals surface area contributed by atoms with Gasteiger partial charge in [0.2, 0.25) is 5.82 Å². The van der Waals surface area contributed by atoms with E-state index in [-0.39, 0.29) is 12.4 Å². The van der Waals surface area contributed by atoms with Crippen molar-refractivity contribution in [1.82, 2.24) is 10.1 Å². The summed E-state index contributed by atoms with van der Waals surface area (Å²) in [6.07, 6.45) is 0. The molecule has 0 aliphatic carbocycles. The quantitative estimate of drug-likeness (QED) is 0.692. The van der Waals surface area contributed by atoms with Gasteiger partial charge in [-0.1, -0.05) is 40.7 Å². The Morgan fingerprint density at radius 3 is 2.79 bits per heavy atom. The van der Waals surface area contributed by atoms with Crippen molar-refractivity contribution in [3.05, 3.63) is 41.1 Å². The van der Waals surface area contributed by atoms with Crippen LogP contribution in [0.1, 0.15) is 5.89 Å². The van der Waals surface area contributed by atoms with E-state index in [9.17, 15) is 4.91 Å². The number of aromatic nitrogens is 2. The molecule has 0 atom stereocenters. The van der Waals surface area contributed by atoms with Gasteiger partial charge in [-0.15, -0.1) is 0 Å². The van der Waals surface area contributed by atoms with Gasteiger partial charge >= 0.3 is 0 Å². The molecule has 0 saturated carbocycles. The number of nitroso groups, excluding NO2 is 1. The molecule has 0 saturated heterocycles. The van der Waals surface area contributed by atoms with Crippen molar-refractivity contribution in [2.45, 2.75) is 6.54 Å². The van der Waals surface area contributed by atoms with Crippen LogP contribution in [0.15, 0.2) is 40.0 Å². The molecule has 70 valence electrons. The Morgan fingerprint density at radius 1 is 1.29 bits per heavy atom. The zero-order valence-electron chi connectivity index (χ0n) is 7.25. The maximum atomic E-state index is 9.94. The van der Waals surface area contributed by atoms with Crippen LogP contribution in [-0.4, -0.2) is 10.1 Å². The van der Waals surface area contributed by atoms with Gasteiger partial charge in [0.05, 0.1) is 0 Å². The van der Waals surface area contributed by atoms with Gasteiger partial charge in [0.1, 0.15) is 0 Å². The van der Waals surface area contributed by atoms with Gasteiger partial charge in [-0.05, 0) is 0 Å². The van der Waals surface area contributed by atoms with Crippen LogP contribution in [-0.2, 0) is 6.54 Å². The Kier molecular flexibility index (Phi) is 2.31. The lowest BCUT2D eigenvalue weighted by Gasteiger charge is -1.89. The first-order valence-electron chi connectivity index (χ1n) is 4.07. The summed E-state index contributed by atoms with van der Waals surface area (Å²) >= 11 is 0. The predicted octanol–water partition coefficient (Wildman–Crippen LogP) is 2.00. The molecule has 1 heterocycles. The highest BCUT2D eigenvalue weighted by Crippen LogP contribution is 2.14. The van der Waals surface area contributed by atoms with Crippen molar-refractivity contribution in [3.63, 3.8) is 0 Å². The van der Waals surface area contributed by atoms with Crippen molar-refractivity contribution in [2.24, 2.45) is 5.18 Å². The van der Waals surface area contributed by atoms with Gasteiger partial charge in [-0.2, -0.15) is 9.89 Å². The molecular formula is C9H7N3O2. The highest BCUT2D eigenvalue weighted by atomic mass is 16.5. The van der Waals surface area contributed by atoms with Gasteiger partial charge in [0.25, 0.3) is 5.89 Å². The first kappa shape index (κ1) is 8.55. The molecule has 0 N–H and O–H groups in total. The molecule has 1 aromatic carbocycles. The van der Waals surface area contributed by atoms with E-state index in [4.69, 9.17) is 4.52 Å². The van der Waals surface area contributed by atoms with Gasteiger partial charge in [-0.25, -0.2) is 0 Å². The number of hydrogen-bond acceptors (Lipinski definition) is 5. The van der Waals surface area contributed by atoms with E-state index in [1.165, 1.54) is 0 Å². The minimum Gasteiger partial charge on any atom is -0.337 e. The van der Waals surface area contributed by atoms with E-state index in [1.807, 2.05) is 30.3 Å². The third kappa shape index (κ3) is 1.66. The summed E-state index contributed by atoms with van der Waals surface area (Å²) in [7, 11) is 0. The highest BCUT2D eigenvalue weighted by Gasteiger charge is 2.07. The van der Waals surface area contributed by atoms with Gasteiger partial charge < -0.3 is 4.52 Å². The average Bonchev–Trinajstić information content (AvgIpc) is 2.68. The largest absolute Gasteiger partial charge is 0.337 e. The minimum atomic E-state index is -0.0835. The van der Waals surface area contributed by atoms with Gasteiger partial charge in [0.15, 0.2) is 6.54 Å². The van der Waals surface area contributed by atoms with E-state index in [0.717, 1.165) is 5.56 Å². The molecule has 2 aromatic rings. The van der Waals surface area contributed by atoms with Crippen LogP contribution in [0.25, 0.3) is 11.4 Å². The van der Waals surface area contributed by atoms with Crippen LogP contribution in [0.3, 0.4) is 0 Å². The number of hydrogen-bond donors (Lipinski definition) is 0. The number of rotatable bonds is 3. The second-order valence-electron chi connectivity index (χ2n) is 2.66. The second-order valence-corrected chi connectivity index (χ2v) is 2.66. The second kappa shape index (κ2) is 3.78. The summed E-state index contributed by atoms with van der Waals surface area (Å²) in [4.78, 5) is 13.9. The fourth-order valence-electron chi connectivity index (χ4n) is 1.08. The molecule has 0 bridgehead atoms. The van der Waals surface area contributed by atoms with E-state index in [1.54, 1.807) is 0 Å². The van der Waals surface area contributed by atoms with Crippen LogP contribution in [0, 0.1) is 4.91 Å². The summed E-state index contributed by atoms with van der Waals surface area (Å²) < 4.78 is 4.80. The fraction of sp³-hybridized carbons (Fsp3) is 0.111. The van der Waals surface area contributed by atoms with E-state index < -0.39 is 0 Å². The summed E-state index contributed by atoms with van der Waals surface area (Å²) in [6, 6.07) is 9.39. The maximum absolute atomic E-state index is 9.94. The Labute approximate surface area is 79.7 Å². The zero-order valence-corrected chi connectivity index (χ0v) is 7.25. The van der Waals surface area contributed by atoms with Crippen molar-refractivity contribution < 1.29 is 4.52 Å². The first-order chi connectivity index (χ1) is 6.90. The van der Waals surface area contributed by atoms with Crippen LogP contribution in [0.5, 0.6) is 0 Å². The first-order valence-corrected chi connectivity index (χ1v) is 4.07. The molecule has 5 nitrogen and oxygen atoms in total. The molecule has 0 amide bonds. The van der Waals surface area contributed by atoms with Crippen LogP contribution >= 0.6 is 0 Å².